The van der Waals surface area contributed by atoms with E-state index < -0.39 is 144 Å². The van der Waals surface area contributed by atoms with Gasteiger partial charge in [0.25, 0.3) is 0 Å². The molecule has 0 aliphatic carbocycles. The van der Waals surface area contributed by atoms with Crippen LogP contribution in [0.2, 0.25) is 0 Å². The van der Waals surface area contributed by atoms with Crippen molar-refractivity contribution in [1.82, 2.24) is 0 Å². The van der Waals surface area contributed by atoms with Crippen LogP contribution in [-0.2, 0) is 13.0 Å². The third-order valence-electron chi connectivity index (χ3n) is 11.2. The van der Waals surface area contributed by atoms with Crippen LogP contribution in [0.3, 0.4) is 0 Å². The van der Waals surface area contributed by atoms with Crippen molar-refractivity contribution in [2.75, 3.05) is 0 Å². The molecule has 8 rings (SSSR count). The van der Waals surface area contributed by atoms with Crippen LogP contribution in [0.4, 0.5) is 87.8 Å². The summed E-state index contributed by atoms with van der Waals surface area (Å²) in [5.41, 5.74) is -10.3. The zero-order valence-electron chi connectivity index (χ0n) is 34.0. The van der Waals surface area contributed by atoms with E-state index in [4.69, 9.17) is 0 Å². The Morgan fingerprint density at radius 1 is 0.329 bits per heavy atom. The number of rotatable bonds is 8. The average molecular weight is 1070 g/mol. The van der Waals surface area contributed by atoms with Crippen molar-refractivity contribution in [3.05, 3.63) is 229 Å². The number of aromatic nitrogens is 1. The quantitative estimate of drug-likeness (QED) is 0.0469. The first-order chi connectivity index (χ1) is 33.0. The van der Waals surface area contributed by atoms with Gasteiger partial charge in [-0.15, -0.1) is 21.9 Å². The molecule has 1 nitrogen and oxygen atoms in total. The number of fused-ring (bicyclic) bond motifs is 1. The summed E-state index contributed by atoms with van der Waals surface area (Å²) in [5.74, 6) is -71.4. The molecule has 0 N–H and O–H groups in total. The van der Waals surface area contributed by atoms with Crippen molar-refractivity contribution in [1.29, 1.82) is 0 Å². The summed E-state index contributed by atoms with van der Waals surface area (Å²) in [6, 6.07) is 30.1. The smallest absolute Gasteiger partial charge is 0.200 e. The number of benzene rings is 7. The van der Waals surface area contributed by atoms with Crippen molar-refractivity contribution >= 4 is 54.7 Å². The highest BCUT2D eigenvalue weighted by atomic mass is 79.9. The third kappa shape index (κ3) is 8.29. The lowest BCUT2D eigenvalue weighted by Gasteiger charge is -2.44. The summed E-state index contributed by atoms with van der Waals surface area (Å²) < 4.78 is 297. The molecular weight excluding hydrogens is 1050 g/mol. The van der Waals surface area contributed by atoms with E-state index in [9.17, 15) is 52.7 Å². The first-order valence-corrected chi connectivity index (χ1v) is 20.2. The van der Waals surface area contributed by atoms with Crippen molar-refractivity contribution in [3.63, 3.8) is 0 Å². The highest BCUT2D eigenvalue weighted by Crippen LogP contribution is 2.31. The van der Waals surface area contributed by atoms with E-state index in [1.807, 2.05) is 0 Å². The molecular formula is C47H19BBrF20N. The Kier molecular flexibility index (Phi) is 14.2. The van der Waals surface area contributed by atoms with Gasteiger partial charge in [-0.2, -0.15) is 4.57 Å². The lowest BCUT2D eigenvalue weighted by molar-refractivity contribution is -0.693. The molecule has 0 atom stereocenters. The fraction of sp³-hybridized carbons (Fsp3) is 0.0426. The van der Waals surface area contributed by atoms with Crippen LogP contribution in [0.5, 0.6) is 0 Å². The summed E-state index contributed by atoms with van der Waals surface area (Å²) in [7, 11) is 0. The van der Waals surface area contributed by atoms with Crippen LogP contribution in [0.25, 0.3) is 10.8 Å². The largest absolute Gasteiger partial charge is 0.207 e. The molecule has 362 valence electrons. The van der Waals surface area contributed by atoms with Crippen LogP contribution in [0.1, 0.15) is 16.8 Å². The normalized spacial score (nSPS) is 11.6. The van der Waals surface area contributed by atoms with E-state index in [0.29, 0.717) is 0 Å². The Labute approximate surface area is 387 Å². The zero-order valence-corrected chi connectivity index (χ0v) is 35.6. The number of hydrogen-bond donors (Lipinski definition) is 0. The summed E-state index contributed by atoms with van der Waals surface area (Å²) in [6.07, 6.45) is -4.09. The fourth-order valence-electron chi connectivity index (χ4n) is 8.11. The van der Waals surface area contributed by atoms with Crippen molar-refractivity contribution in [2.24, 2.45) is 0 Å². The SMILES string of the molecule is Brc1ccc(Cc2c3ccccc3cc[n+]2Cc2ccccc2)cc1.Fc1c(F)c(F)c([B-](c2c(F)c(F)c(F)c(F)c2F)(c2c(F)c(F)c(F)c(F)c2F)c2c(F)c(F)c(F)c(F)c2F)c(F)c1F. The Bertz CT molecular complexity index is 3010. The molecule has 0 unspecified atom stereocenters. The van der Waals surface area contributed by atoms with Gasteiger partial charge in [0.15, 0.2) is 88.2 Å². The van der Waals surface area contributed by atoms with Crippen molar-refractivity contribution in [3.8, 4) is 0 Å². The minimum Gasteiger partial charge on any atom is -0.207 e. The van der Waals surface area contributed by atoms with Gasteiger partial charge >= 0.3 is 0 Å². The lowest BCUT2D eigenvalue weighted by atomic mass is 9.12. The van der Waals surface area contributed by atoms with E-state index in [-0.39, 0.29) is 0 Å². The molecule has 0 fully saturated rings. The fourth-order valence-corrected chi connectivity index (χ4v) is 8.38. The first kappa shape index (κ1) is 51.0. The molecule has 0 radical (unpaired) electrons. The van der Waals surface area contributed by atoms with Gasteiger partial charge in [-0.05, 0) is 29.1 Å². The molecule has 0 saturated heterocycles. The molecule has 0 amide bonds. The Hall–Kier alpha value is -6.91. The van der Waals surface area contributed by atoms with Crippen LogP contribution in [0, 0.1) is 116 Å². The molecule has 8 aromatic rings. The Morgan fingerprint density at radius 3 is 1.00 bits per heavy atom. The standard InChI is InChI=1S/C24BF20.C23H19BrN/c26-5-1(6(27)14(35)21(42)13(5)34)25(2-7(28)15(36)22(43)16(37)8(2)29,3-9(30)17(38)23(44)18(39)10(3)31)4-11(32)19(40)24(45)20(41)12(4)33;24-21-12-10-18(11-13-21)16-23-22-9-5-4-8-20(22)14-15-25(23)17-19-6-2-1-3-7-19/h;1-15H,16-17H2/q-1;+1. The van der Waals surface area contributed by atoms with E-state index in [1.54, 1.807) is 0 Å². The number of hydrogen-bond acceptors (Lipinski definition) is 0. The van der Waals surface area contributed by atoms with E-state index in [1.165, 1.54) is 27.6 Å². The molecule has 1 aromatic heterocycles. The maximum absolute atomic E-state index is 15.4. The van der Waals surface area contributed by atoms with Crippen molar-refractivity contribution in [2.45, 2.75) is 13.0 Å². The molecule has 0 spiro atoms. The highest BCUT2D eigenvalue weighted by molar-refractivity contribution is 9.10. The van der Waals surface area contributed by atoms with Gasteiger partial charge in [0.2, 0.25) is 0 Å². The van der Waals surface area contributed by atoms with Crippen molar-refractivity contribution < 1.29 is 92.4 Å². The summed E-state index contributed by atoms with van der Waals surface area (Å²) in [6.45, 7) is 0.886. The number of halogens is 21. The summed E-state index contributed by atoms with van der Waals surface area (Å²) in [4.78, 5) is 0. The molecule has 1 heterocycles. The highest BCUT2D eigenvalue weighted by Gasteiger charge is 2.52. The Balaban J connectivity index is 0.000000242. The maximum Gasteiger partial charge on any atom is 0.200 e. The van der Waals surface area contributed by atoms with Gasteiger partial charge in [-0.25, -0.2) is 87.8 Å². The van der Waals surface area contributed by atoms with E-state index >= 15 is 35.1 Å². The predicted molar refractivity (Wildman–Crippen MR) is 216 cm³/mol. The second-order valence-corrected chi connectivity index (χ2v) is 16.0. The predicted octanol–water partition coefficient (Wildman–Crippen LogP) is 11.4. The molecule has 70 heavy (non-hydrogen) atoms. The zero-order chi connectivity index (χ0) is 51.4. The summed E-state index contributed by atoms with van der Waals surface area (Å²) >= 11 is 3.52. The minimum atomic E-state index is -7.22. The Morgan fingerprint density at radius 2 is 0.643 bits per heavy atom. The number of nitrogens with zero attached hydrogens (tertiary/aromatic N) is 1. The van der Waals surface area contributed by atoms with Gasteiger partial charge in [0, 0.05) is 21.5 Å². The summed E-state index contributed by atoms with van der Waals surface area (Å²) in [5, 5.41) is 2.61. The maximum atomic E-state index is 15.4. The molecule has 23 heteroatoms. The molecule has 0 bridgehead atoms. The van der Waals surface area contributed by atoms with Crippen LogP contribution < -0.4 is 26.4 Å². The monoisotopic (exact) mass is 1070 g/mol. The molecule has 0 aliphatic rings. The second kappa shape index (κ2) is 19.5. The van der Waals surface area contributed by atoms with Gasteiger partial charge in [0.1, 0.15) is 52.7 Å². The van der Waals surface area contributed by atoms with Gasteiger partial charge in [0.05, 0.1) is 6.42 Å². The topological polar surface area (TPSA) is 3.88 Å². The van der Waals surface area contributed by atoms with Gasteiger partial charge in [-0.1, -0.05) is 76.6 Å². The molecule has 7 aromatic carbocycles. The minimum absolute atomic E-state index is 0.886. The van der Waals surface area contributed by atoms with Gasteiger partial charge < -0.3 is 0 Å². The third-order valence-corrected chi connectivity index (χ3v) is 11.8. The average Bonchev–Trinajstić information content (AvgIpc) is 3.35. The lowest BCUT2D eigenvalue weighted by Crippen LogP contribution is -2.81. The van der Waals surface area contributed by atoms with E-state index in [0.717, 1.165) is 17.4 Å². The number of pyridine rings is 1. The van der Waals surface area contributed by atoms with E-state index in [2.05, 4.69) is 112 Å². The van der Waals surface area contributed by atoms with Crippen LogP contribution in [-0.4, -0.2) is 6.15 Å². The second-order valence-electron chi connectivity index (χ2n) is 15.1. The van der Waals surface area contributed by atoms with Gasteiger partial charge in [-0.3, -0.25) is 0 Å². The molecule has 0 saturated carbocycles. The molecule has 0 aliphatic heterocycles. The van der Waals surface area contributed by atoms with Crippen LogP contribution in [0.15, 0.2) is 95.6 Å². The van der Waals surface area contributed by atoms with Crippen LogP contribution >= 0.6 is 15.9 Å². The first-order valence-electron chi connectivity index (χ1n) is 19.4.